The summed E-state index contributed by atoms with van der Waals surface area (Å²) >= 11 is 0. The molecule has 0 fully saturated rings. The topological polar surface area (TPSA) is 62.7 Å². The molecule has 0 aromatic heterocycles. The van der Waals surface area contributed by atoms with Gasteiger partial charge in [0.05, 0.1) is 0 Å². The van der Waals surface area contributed by atoms with E-state index in [2.05, 4.69) is 4.79 Å². The third-order valence-electron chi connectivity index (χ3n) is 2.07. The first kappa shape index (κ1) is 11.1. The number of ether oxygens (including phenoxy) is 1. The van der Waals surface area contributed by atoms with Gasteiger partial charge in [0, 0.05) is 6.92 Å². The average molecular weight is 204 g/mol. The summed E-state index contributed by atoms with van der Waals surface area (Å²) in [7, 11) is 0. The maximum atomic E-state index is 11.1. The molecule has 0 heterocycles. The van der Waals surface area contributed by atoms with Gasteiger partial charge in [-0.2, -0.15) is 4.79 Å². The van der Waals surface area contributed by atoms with Crippen molar-refractivity contribution in [2.24, 2.45) is 0 Å². The van der Waals surface area contributed by atoms with Gasteiger partial charge in [-0.25, -0.2) is 4.79 Å². The van der Waals surface area contributed by atoms with Gasteiger partial charge in [-0.1, -0.05) is 24.3 Å². The van der Waals surface area contributed by atoms with Crippen molar-refractivity contribution in [3.8, 4) is 0 Å². The van der Waals surface area contributed by atoms with Gasteiger partial charge in [-0.05, 0) is 18.1 Å². The minimum absolute atomic E-state index is 0.0522. The SMILES string of the molecule is CC(=[N+]=[N-])C(=O)OCc1ccccc1C. The Morgan fingerprint density at radius 2 is 2.13 bits per heavy atom. The van der Waals surface area contributed by atoms with Crippen LogP contribution in [0.4, 0.5) is 0 Å². The van der Waals surface area contributed by atoms with E-state index in [-0.39, 0.29) is 12.3 Å². The predicted molar refractivity (Wildman–Crippen MR) is 55.3 cm³/mol. The standard InChI is InChI=1S/C11H12N2O2/c1-8-5-3-4-6-10(8)7-15-11(14)9(2)13-12/h3-6H,7H2,1-2H3. The second-order valence-electron chi connectivity index (χ2n) is 3.19. The Morgan fingerprint density at radius 1 is 1.47 bits per heavy atom. The minimum Gasteiger partial charge on any atom is -0.452 e. The van der Waals surface area contributed by atoms with E-state index in [1.165, 1.54) is 6.92 Å². The number of hydrogen-bond acceptors (Lipinski definition) is 2. The minimum atomic E-state index is -0.610. The molecule has 1 aromatic rings. The fourth-order valence-electron chi connectivity index (χ4n) is 1.06. The molecule has 1 aromatic carbocycles. The Kier molecular flexibility index (Phi) is 3.77. The van der Waals surface area contributed by atoms with Crippen molar-refractivity contribution in [1.29, 1.82) is 0 Å². The first-order valence-corrected chi connectivity index (χ1v) is 4.55. The van der Waals surface area contributed by atoms with Crippen molar-refractivity contribution in [2.75, 3.05) is 0 Å². The number of carbonyl (C=O) groups is 1. The first-order chi connectivity index (χ1) is 7.15. The van der Waals surface area contributed by atoms with Crippen LogP contribution in [0.1, 0.15) is 18.1 Å². The van der Waals surface area contributed by atoms with Crippen molar-refractivity contribution >= 4 is 11.7 Å². The van der Waals surface area contributed by atoms with Gasteiger partial charge in [0.1, 0.15) is 6.61 Å². The highest BCUT2D eigenvalue weighted by Gasteiger charge is 2.15. The molecule has 0 aliphatic rings. The number of benzene rings is 1. The zero-order chi connectivity index (χ0) is 11.3. The van der Waals surface area contributed by atoms with Crippen molar-refractivity contribution in [3.05, 3.63) is 40.9 Å². The molecule has 0 aliphatic heterocycles. The predicted octanol–water partition coefficient (Wildman–Crippen LogP) is 1.73. The number of aryl methyl sites for hydroxylation is 1. The van der Waals surface area contributed by atoms with E-state index in [0.717, 1.165) is 11.1 Å². The Balaban J connectivity index is 2.62. The van der Waals surface area contributed by atoms with Gasteiger partial charge in [0.2, 0.25) is 0 Å². The van der Waals surface area contributed by atoms with Crippen LogP contribution in [0.15, 0.2) is 24.3 Å². The zero-order valence-electron chi connectivity index (χ0n) is 8.73. The van der Waals surface area contributed by atoms with E-state index in [0.29, 0.717) is 0 Å². The van der Waals surface area contributed by atoms with Crippen LogP contribution in [0.5, 0.6) is 0 Å². The van der Waals surface area contributed by atoms with Crippen LogP contribution in [0, 0.1) is 6.92 Å². The van der Waals surface area contributed by atoms with Crippen LogP contribution in [-0.2, 0) is 16.1 Å². The number of rotatable bonds is 3. The van der Waals surface area contributed by atoms with Crippen LogP contribution in [-0.4, -0.2) is 16.5 Å². The lowest BCUT2D eigenvalue weighted by Gasteiger charge is -2.04. The number of esters is 1. The first-order valence-electron chi connectivity index (χ1n) is 4.55. The smallest absolute Gasteiger partial charge is 0.416 e. The lowest BCUT2D eigenvalue weighted by atomic mass is 10.1. The quantitative estimate of drug-likeness (QED) is 0.326. The van der Waals surface area contributed by atoms with Crippen LogP contribution in [0.3, 0.4) is 0 Å². The summed E-state index contributed by atoms with van der Waals surface area (Å²) in [6.45, 7) is 3.52. The Labute approximate surface area is 88.1 Å². The van der Waals surface area contributed by atoms with Crippen molar-refractivity contribution < 1.29 is 14.3 Å². The molecular weight excluding hydrogens is 192 g/mol. The van der Waals surface area contributed by atoms with E-state index >= 15 is 0 Å². The Hall–Kier alpha value is -1.93. The summed E-state index contributed by atoms with van der Waals surface area (Å²) in [5, 5.41) is 0. The molecule has 4 heteroatoms. The molecular formula is C11H12N2O2. The molecule has 0 saturated heterocycles. The molecule has 0 N–H and O–H groups in total. The second-order valence-corrected chi connectivity index (χ2v) is 3.19. The summed E-state index contributed by atoms with van der Waals surface area (Å²) in [4.78, 5) is 13.9. The molecule has 0 atom stereocenters. The Bertz CT molecular complexity index is 420. The third kappa shape index (κ3) is 3.04. The molecule has 0 amide bonds. The maximum absolute atomic E-state index is 11.1. The molecule has 0 saturated carbocycles. The van der Waals surface area contributed by atoms with Crippen molar-refractivity contribution in [1.82, 2.24) is 0 Å². The van der Waals surface area contributed by atoms with E-state index in [1.54, 1.807) is 0 Å². The number of hydrogen-bond donors (Lipinski definition) is 0. The van der Waals surface area contributed by atoms with Crippen LogP contribution >= 0.6 is 0 Å². The summed E-state index contributed by atoms with van der Waals surface area (Å²) in [6.07, 6.45) is 0. The van der Waals surface area contributed by atoms with Crippen molar-refractivity contribution in [3.63, 3.8) is 0 Å². The molecule has 0 unspecified atom stereocenters. The fourth-order valence-corrected chi connectivity index (χ4v) is 1.06. The average Bonchev–Trinajstić information content (AvgIpc) is 2.26. The normalized spacial score (nSPS) is 9.20. The van der Waals surface area contributed by atoms with Gasteiger partial charge < -0.3 is 10.3 Å². The largest absolute Gasteiger partial charge is 0.452 e. The molecule has 15 heavy (non-hydrogen) atoms. The van der Waals surface area contributed by atoms with Crippen LogP contribution in [0.25, 0.3) is 5.53 Å². The summed E-state index contributed by atoms with van der Waals surface area (Å²) in [6, 6.07) is 7.62. The molecule has 78 valence electrons. The highest BCUT2D eigenvalue weighted by Crippen LogP contribution is 2.08. The van der Waals surface area contributed by atoms with E-state index in [9.17, 15) is 4.79 Å². The van der Waals surface area contributed by atoms with Gasteiger partial charge in [0.15, 0.2) is 0 Å². The lowest BCUT2D eigenvalue weighted by Crippen LogP contribution is -2.15. The molecule has 0 radical (unpaired) electrons. The second kappa shape index (κ2) is 5.08. The molecule has 0 bridgehead atoms. The van der Waals surface area contributed by atoms with Gasteiger partial charge in [-0.15, -0.1) is 0 Å². The van der Waals surface area contributed by atoms with E-state index < -0.39 is 5.97 Å². The molecule has 0 aliphatic carbocycles. The molecule has 0 spiro atoms. The van der Waals surface area contributed by atoms with Crippen LogP contribution in [0.2, 0.25) is 0 Å². The van der Waals surface area contributed by atoms with Crippen LogP contribution < -0.4 is 0 Å². The van der Waals surface area contributed by atoms with E-state index in [4.69, 9.17) is 10.3 Å². The Morgan fingerprint density at radius 3 is 2.73 bits per heavy atom. The third-order valence-corrected chi connectivity index (χ3v) is 2.07. The van der Waals surface area contributed by atoms with Gasteiger partial charge in [-0.3, -0.25) is 0 Å². The monoisotopic (exact) mass is 204 g/mol. The maximum Gasteiger partial charge on any atom is 0.416 e. The highest BCUT2D eigenvalue weighted by atomic mass is 16.5. The lowest BCUT2D eigenvalue weighted by molar-refractivity contribution is -0.141. The van der Waals surface area contributed by atoms with E-state index in [1.807, 2.05) is 31.2 Å². The fraction of sp³-hybridized carbons (Fsp3) is 0.273. The summed E-state index contributed by atoms with van der Waals surface area (Å²) < 4.78 is 4.93. The van der Waals surface area contributed by atoms with Gasteiger partial charge in [0.25, 0.3) is 0 Å². The van der Waals surface area contributed by atoms with Gasteiger partial charge >= 0.3 is 11.7 Å². The molecule has 1 rings (SSSR count). The number of carbonyl (C=O) groups excluding carboxylic acids is 1. The summed E-state index contributed by atoms with van der Waals surface area (Å²) in [5.41, 5.74) is 10.3. The number of nitrogens with zero attached hydrogens (tertiary/aromatic N) is 2. The highest BCUT2D eigenvalue weighted by molar-refractivity contribution is 6.32. The molecule has 4 nitrogen and oxygen atoms in total. The summed E-state index contributed by atoms with van der Waals surface area (Å²) in [5.74, 6) is -0.610. The zero-order valence-corrected chi connectivity index (χ0v) is 8.73. The van der Waals surface area contributed by atoms with Crippen molar-refractivity contribution in [2.45, 2.75) is 20.5 Å².